The van der Waals surface area contributed by atoms with Gasteiger partial charge in [-0.1, -0.05) is 19.8 Å². The monoisotopic (exact) mass is 336 g/mol. The normalized spacial score (nSPS) is 20.7. The van der Waals surface area contributed by atoms with E-state index in [4.69, 9.17) is 10.5 Å². The number of carbonyl (C=O) groups excluding carboxylic acids is 1. The van der Waals surface area contributed by atoms with E-state index < -0.39 is 0 Å². The lowest BCUT2D eigenvalue weighted by Crippen LogP contribution is -2.32. The van der Waals surface area contributed by atoms with Crippen LogP contribution < -0.4 is 15.8 Å². The van der Waals surface area contributed by atoms with Crippen molar-refractivity contribution in [2.75, 3.05) is 12.9 Å². The van der Waals surface area contributed by atoms with Gasteiger partial charge in [0.1, 0.15) is 5.75 Å². The molecule has 1 aliphatic heterocycles. The molecule has 0 aliphatic carbocycles. The minimum Gasteiger partial charge on any atom is -0.496 e. The number of methoxy groups -OCH3 is 1. The number of amides is 1. The maximum absolute atomic E-state index is 11.1. The van der Waals surface area contributed by atoms with Gasteiger partial charge in [0.05, 0.1) is 7.11 Å². The summed E-state index contributed by atoms with van der Waals surface area (Å²) in [6.07, 6.45) is 4.69. The molecule has 0 spiro atoms. The number of nitrogens with one attached hydrogen (secondary N) is 1. The summed E-state index contributed by atoms with van der Waals surface area (Å²) in [4.78, 5) is 12.4. The molecule has 0 saturated carbocycles. The van der Waals surface area contributed by atoms with Gasteiger partial charge in [-0.2, -0.15) is 0 Å². The van der Waals surface area contributed by atoms with E-state index in [0.717, 1.165) is 17.1 Å². The highest BCUT2D eigenvalue weighted by Gasteiger charge is 2.23. The number of fused-ring (bicyclic) bond motifs is 1. The first-order valence-corrected chi connectivity index (χ1v) is 9.41. The van der Waals surface area contributed by atoms with Crippen LogP contribution in [0.15, 0.2) is 17.0 Å². The van der Waals surface area contributed by atoms with Crippen molar-refractivity contribution in [3.05, 3.63) is 23.3 Å². The van der Waals surface area contributed by atoms with Gasteiger partial charge >= 0.3 is 0 Å². The smallest absolute Gasteiger partial charge is 0.217 e. The summed E-state index contributed by atoms with van der Waals surface area (Å²) in [5, 5.41) is 3.74. The fourth-order valence-electron chi connectivity index (χ4n) is 3.02. The molecule has 1 amide bonds. The molecule has 1 aromatic rings. The molecule has 1 unspecified atom stereocenters. The van der Waals surface area contributed by atoms with Crippen LogP contribution in [0.25, 0.3) is 0 Å². The van der Waals surface area contributed by atoms with Crippen molar-refractivity contribution in [1.82, 2.24) is 5.32 Å². The largest absolute Gasteiger partial charge is 0.496 e. The SMILES string of the molecule is CCCCC1CSc2cc(CCC(N)=O)c(OC)cc2[C@@H](C)N1. The van der Waals surface area contributed by atoms with E-state index >= 15 is 0 Å². The molecule has 0 bridgehead atoms. The van der Waals surface area contributed by atoms with E-state index in [-0.39, 0.29) is 5.91 Å². The van der Waals surface area contributed by atoms with Crippen LogP contribution in [0.1, 0.15) is 56.7 Å². The van der Waals surface area contributed by atoms with Crippen molar-refractivity contribution in [3.8, 4) is 5.75 Å². The predicted molar refractivity (Wildman–Crippen MR) is 96.1 cm³/mol. The molecular weight excluding hydrogens is 308 g/mol. The third kappa shape index (κ3) is 4.88. The molecule has 2 atom stereocenters. The summed E-state index contributed by atoms with van der Waals surface area (Å²) in [6.45, 7) is 4.45. The number of unbranched alkanes of at least 4 members (excludes halogenated alkanes) is 1. The van der Waals surface area contributed by atoms with Gasteiger partial charge in [0.2, 0.25) is 5.91 Å². The quantitative estimate of drug-likeness (QED) is 0.801. The van der Waals surface area contributed by atoms with Crippen molar-refractivity contribution in [2.24, 2.45) is 5.73 Å². The first-order chi connectivity index (χ1) is 11.0. The standard InChI is InChI=1S/C18H28N2O2S/c1-4-5-6-14-11-23-17-9-13(7-8-18(19)21)16(22-3)10-15(17)12(2)20-14/h9-10,12,14,20H,4-8,11H2,1-3H3,(H2,19,21)/t12-,14?/m1/s1. The molecule has 1 aromatic carbocycles. The van der Waals surface area contributed by atoms with Crippen LogP contribution in [0.5, 0.6) is 5.75 Å². The molecule has 23 heavy (non-hydrogen) atoms. The zero-order valence-electron chi connectivity index (χ0n) is 14.4. The first kappa shape index (κ1) is 18.1. The molecule has 3 N–H and O–H groups in total. The third-order valence-corrected chi connectivity index (χ3v) is 5.59. The predicted octanol–water partition coefficient (Wildman–Crippen LogP) is 3.43. The lowest BCUT2D eigenvalue weighted by Gasteiger charge is -2.20. The molecule has 4 nitrogen and oxygen atoms in total. The number of thioether (sulfide) groups is 1. The van der Waals surface area contributed by atoms with Crippen LogP contribution in [-0.2, 0) is 11.2 Å². The Hall–Kier alpha value is -1.20. The minimum absolute atomic E-state index is 0.274. The van der Waals surface area contributed by atoms with Gasteiger partial charge in [-0.15, -0.1) is 11.8 Å². The van der Waals surface area contributed by atoms with E-state index in [1.807, 2.05) is 11.8 Å². The second-order valence-corrected chi connectivity index (χ2v) is 7.27. The molecule has 0 radical (unpaired) electrons. The van der Waals surface area contributed by atoms with Gasteiger partial charge in [-0.3, -0.25) is 4.79 Å². The Kier molecular flexibility index (Phi) is 6.78. The van der Waals surface area contributed by atoms with Crippen molar-refractivity contribution >= 4 is 17.7 Å². The number of rotatable bonds is 7. The molecule has 0 fully saturated rings. The van der Waals surface area contributed by atoms with Gasteiger partial charge in [0.25, 0.3) is 0 Å². The van der Waals surface area contributed by atoms with E-state index in [0.29, 0.717) is 24.9 Å². The zero-order valence-corrected chi connectivity index (χ0v) is 15.2. The Bertz CT molecular complexity index is 548. The summed E-state index contributed by atoms with van der Waals surface area (Å²) < 4.78 is 5.54. The van der Waals surface area contributed by atoms with E-state index in [9.17, 15) is 4.79 Å². The van der Waals surface area contributed by atoms with Crippen LogP contribution in [0.4, 0.5) is 0 Å². The van der Waals surface area contributed by atoms with Crippen LogP contribution in [0.3, 0.4) is 0 Å². The van der Waals surface area contributed by atoms with Crippen molar-refractivity contribution in [2.45, 2.75) is 62.9 Å². The Labute approximate surface area is 143 Å². The molecule has 128 valence electrons. The van der Waals surface area contributed by atoms with E-state index in [1.54, 1.807) is 7.11 Å². The summed E-state index contributed by atoms with van der Waals surface area (Å²) in [5.41, 5.74) is 7.64. The van der Waals surface area contributed by atoms with E-state index in [2.05, 4.69) is 31.3 Å². The van der Waals surface area contributed by atoms with Gasteiger partial charge in [-0.05, 0) is 43.0 Å². The summed E-state index contributed by atoms with van der Waals surface area (Å²) in [5.74, 6) is 1.66. The van der Waals surface area contributed by atoms with Gasteiger partial charge in [0, 0.05) is 29.2 Å². The van der Waals surface area contributed by atoms with Crippen LogP contribution in [0.2, 0.25) is 0 Å². The Morgan fingerprint density at radius 1 is 1.48 bits per heavy atom. The summed E-state index contributed by atoms with van der Waals surface area (Å²) in [6, 6.07) is 5.16. The van der Waals surface area contributed by atoms with Crippen molar-refractivity contribution < 1.29 is 9.53 Å². The molecule has 0 aromatic heterocycles. The number of primary amides is 1. The van der Waals surface area contributed by atoms with Crippen molar-refractivity contribution in [3.63, 3.8) is 0 Å². The Balaban J connectivity index is 2.22. The number of aryl methyl sites for hydroxylation is 1. The van der Waals surface area contributed by atoms with Crippen molar-refractivity contribution in [1.29, 1.82) is 0 Å². The lowest BCUT2D eigenvalue weighted by molar-refractivity contribution is -0.117. The lowest BCUT2D eigenvalue weighted by atomic mass is 10.0. The molecule has 1 aliphatic rings. The number of carbonyl (C=O) groups is 1. The molecule has 1 heterocycles. The van der Waals surface area contributed by atoms with Crippen LogP contribution >= 0.6 is 11.8 Å². The summed E-state index contributed by atoms with van der Waals surface area (Å²) >= 11 is 1.91. The number of hydrogen-bond donors (Lipinski definition) is 2. The number of ether oxygens (including phenoxy) is 1. The van der Waals surface area contributed by atoms with E-state index in [1.165, 1.54) is 29.7 Å². The average molecular weight is 337 g/mol. The zero-order chi connectivity index (χ0) is 16.8. The number of benzene rings is 1. The van der Waals surface area contributed by atoms with Gasteiger partial charge < -0.3 is 15.8 Å². The third-order valence-electron chi connectivity index (χ3n) is 4.35. The van der Waals surface area contributed by atoms with Gasteiger partial charge in [0.15, 0.2) is 0 Å². The minimum atomic E-state index is -0.274. The molecule has 2 rings (SSSR count). The van der Waals surface area contributed by atoms with Gasteiger partial charge in [-0.25, -0.2) is 0 Å². The second-order valence-electron chi connectivity index (χ2n) is 6.21. The maximum atomic E-state index is 11.1. The first-order valence-electron chi connectivity index (χ1n) is 8.43. The Morgan fingerprint density at radius 3 is 2.91 bits per heavy atom. The topological polar surface area (TPSA) is 64.4 Å². The van der Waals surface area contributed by atoms with Crippen LogP contribution in [-0.4, -0.2) is 24.8 Å². The highest BCUT2D eigenvalue weighted by molar-refractivity contribution is 7.99. The number of hydrogen-bond acceptors (Lipinski definition) is 4. The molecule has 0 saturated heterocycles. The van der Waals surface area contributed by atoms with Crippen LogP contribution in [0, 0.1) is 0 Å². The summed E-state index contributed by atoms with van der Waals surface area (Å²) in [7, 11) is 1.68. The molecular formula is C18H28N2O2S. The highest BCUT2D eigenvalue weighted by atomic mass is 32.2. The Morgan fingerprint density at radius 2 is 2.26 bits per heavy atom. The second kappa shape index (κ2) is 8.60. The highest BCUT2D eigenvalue weighted by Crippen LogP contribution is 2.37. The average Bonchev–Trinajstić information content (AvgIpc) is 2.69. The maximum Gasteiger partial charge on any atom is 0.217 e. The molecule has 5 heteroatoms. The number of nitrogens with two attached hydrogens (primary N) is 1. The fraction of sp³-hybridized carbons (Fsp3) is 0.611. The fourth-order valence-corrected chi connectivity index (χ4v) is 4.30.